The number of fused-ring (bicyclic) bond motifs is 2. The van der Waals surface area contributed by atoms with Crippen LogP contribution < -0.4 is 10.0 Å². The van der Waals surface area contributed by atoms with Crippen LogP contribution in [0.5, 0.6) is 0 Å². The second-order valence-electron chi connectivity index (χ2n) is 7.33. The third-order valence-corrected chi connectivity index (χ3v) is 6.89. The van der Waals surface area contributed by atoms with Crippen molar-refractivity contribution >= 4 is 44.9 Å². The van der Waals surface area contributed by atoms with E-state index in [1.54, 1.807) is 0 Å². The molecule has 2 aliphatic carbocycles. The molecule has 8 heteroatoms. The number of urea groups is 1. The molecule has 0 aromatic heterocycles. The molecular weight excluding hydrogens is 419 g/mol. The number of carbonyl (C=O) groups excluding carboxylic acids is 1. The zero-order valence-electron chi connectivity index (χ0n) is 15.1. The molecular formula is C20H20Cl2N2O3S. The number of hydrogen-bond donors (Lipinski definition) is 2. The first-order valence-electron chi connectivity index (χ1n) is 9.24. The molecule has 0 bridgehead atoms. The van der Waals surface area contributed by atoms with Gasteiger partial charge in [-0.25, -0.2) is 17.9 Å². The number of aryl methyl sites for hydroxylation is 2. The largest absolute Gasteiger partial charge is 0.332 e. The zero-order chi connectivity index (χ0) is 19.9. The quantitative estimate of drug-likeness (QED) is 0.730. The molecule has 2 aromatic rings. The molecule has 2 N–H and O–H groups in total. The van der Waals surface area contributed by atoms with Crippen molar-refractivity contribution in [3.05, 3.63) is 62.1 Å². The van der Waals surface area contributed by atoms with Gasteiger partial charge in [-0.2, -0.15) is 0 Å². The summed E-state index contributed by atoms with van der Waals surface area (Å²) in [6, 6.07) is 6.08. The maximum atomic E-state index is 12.5. The van der Waals surface area contributed by atoms with Gasteiger partial charge < -0.3 is 5.32 Å². The maximum Gasteiger partial charge on any atom is 0.332 e. The van der Waals surface area contributed by atoms with Crippen LogP contribution in [0, 0.1) is 0 Å². The van der Waals surface area contributed by atoms with Crippen molar-refractivity contribution in [1.29, 1.82) is 0 Å². The van der Waals surface area contributed by atoms with Gasteiger partial charge in [0.05, 0.1) is 5.75 Å². The summed E-state index contributed by atoms with van der Waals surface area (Å²) < 4.78 is 27.0. The first-order chi connectivity index (χ1) is 13.3. The van der Waals surface area contributed by atoms with Crippen molar-refractivity contribution < 1.29 is 13.2 Å². The summed E-state index contributed by atoms with van der Waals surface area (Å²) in [5.41, 5.74) is 6.06. The molecule has 2 aromatic carbocycles. The molecule has 0 fully saturated rings. The Morgan fingerprint density at radius 2 is 1.46 bits per heavy atom. The molecule has 4 rings (SSSR count). The van der Waals surface area contributed by atoms with E-state index in [1.807, 2.05) is 0 Å². The second-order valence-corrected chi connectivity index (χ2v) is 9.92. The van der Waals surface area contributed by atoms with Crippen LogP contribution in [0.1, 0.15) is 40.7 Å². The van der Waals surface area contributed by atoms with Crippen molar-refractivity contribution in [3.63, 3.8) is 0 Å². The van der Waals surface area contributed by atoms with E-state index >= 15 is 0 Å². The van der Waals surface area contributed by atoms with Gasteiger partial charge in [0.1, 0.15) is 0 Å². The number of amides is 2. The van der Waals surface area contributed by atoms with Crippen molar-refractivity contribution in [2.75, 3.05) is 5.32 Å². The Morgan fingerprint density at radius 1 is 0.893 bits per heavy atom. The van der Waals surface area contributed by atoms with E-state index in [2.05, 4.69) is 16.1 Å². The number of nitrogens with one attached hydrogen (secondary N) is 2. The Kier molecular flexibility index (Phi) is 5.29. The average molecular weight is 439 g/mol. The highest BCUT2D eigenvalue weighted by Crippen LogP contribution is 2.38. The highest BCUT2D eigenvalue weighted by Gasteiger charge is 2.26. The van der Waals surface area contributed by atoms with Gasteiger partial charge in [-0.15, -0.1) is 0 Å². The number of rotatable bonds is 4. The number of hydrogen-bond acceptors (Lipinski definition) is 3. The second kappa shape index (κ2) is 7.58. The highest BCUT2D eigenvalue weighted by atomic mass is 35.5. The number of benzene rings is 2. The Bertz CT molecular complexity index is 1020. The summed E-state index contributed by atoms with van der Waals surface area (Å²) in [6.45, 7) is 0. The summed E-state index contributed by atoms with van der Waals surface area (Å²) in [6.07, 6.45) is 5.95. The number of halogens is 2. The molecule has 0 radical (unpaired) electrons. The molecule has 2 amide bonds. The van der Waals surface area contributed by atoms with Crippen molar-refractivity contribution in [3.8, 4) is 0 Å². The normalized spacial score (nSPS) is 15.2. The van der Waals surface area contributed by atoms with Gasteiger partial charge in [0.2, 0.25) is 10.0 Å². The summed E-state index contributed by atoms with van der Waals surface area (Å²) >= 11 is 11.8. The number of anilines is 1. The van der Waals surface area contributed by atoms with Gasteiger partial charge in [-0.1, -0.05) is 29.3 Å². The van der Waals surface area contributed by atoms with Gasteiger partial charge in [-0.3, -0.25) is 0 Å². The van der Waals surface area contributed by atoms with Crippen LogP contribution in [0.3, 0.4) is 0 Å². The number of carbonyl (C=O) groups is 1. The van der Waals surface area contributed by atoms with E-state index < -0.39 is 16.1 Å². The SMILES string of the molecule is O=C(Nc1c2c(cc3c1CCC3)CCC2)NS(=O)(=O)Cc1cc(Cl)cc(Cl)c1. The van der Waals surface area contributed by atoms with Crippen molar-refractivity contribution in [1.82, 2.24) is 4.72 Å². The van der Waals surface area contributed by atoms with E-state index in [9.17, 15) is 13.2 Å². The summed E-state index contributed by atoms with van der Waals surface area (Å²) in [5, 5.41) is 3.52. The van der Waals surface area contributed by atoms with Crippen LogP contribution in [0.15, 0.2) is 24.3 Å². The molecule has 0 spiro atoms. The van der Waals surface area contributed by atoms with E-state index in [0.29, 0.717) is 15.6 Å². The lowest BCUT2D eigenvalue weighted by Gasteiger charge is -2.16. The van der Waals surface area contributed by atoms with E-state index in [0.717, 1.165) is 55.3 Å². The van der Waals surface area contributed by atoms with Crippen molar-refractivity contribution in [2.45, 2.75) is 44.3 Å². The van der Waals surface area contributed by atoms with Gasteiger partial charge in [0.15, 0.2) is 0 Å². The molecule has 0 unspecified atom stereocenters. The molecule has 2 aliphatic rings. The monoisotopic (exact) mass is 438 g/mol. The van der Waals surface area contributed by atoms with Crippen LogP contribution in [-0.2, 0) is 41.5 Å². The Morgan fingerprint density at radius 3 is 2.04 bits per heavy atom. The minimum absolute atomic E-state index is 0.345. The van der Waals surface area contributed by atoms with Crippen LogP contribution in [0.4, 0.5) is 10.5 Å². The van der Waals surface area contributed by atoms with Crippen LogP contribution in [0.2, 0.25) is 10.0 Å². The Labute approximate surface area is 174 Å². The minimum atomic E-state index is -3.89. The predicted octanol–water partition coefficient (Wildman–Crippen LogP) is 4.62. The molecule has 0 saturated carbocycles. The zero-order valence-corrected chi connectivity index (χ0v) is 17.5. The van der Waals surface area contributed by atoms with Crippen molar-refractivity contribution in [2.24, 2.45) is 0 Å². The van der Waals surface area contributed by atoms with Crippen LogP contribution in [0.25, 0.3) is 0 Å². The lowest BCUT2D eigenvalue weighted by atomic mass is 9.99. The van der Waals surface area contributed by atoms with Gasteiger partial charge >= 0.3 is 6.03 Å². The summed E-state index contributed by atoms with van der Waals surface area (Å²) in [5.74, 6) is -0.383. The Balaban J connectivity index is 1.52. The van der Waals surface area contributed by atoms with Gasteiger partial charge in [0.25, 0.3) is 0 Å². The average Bonchev–Trinajstić information content (AvgIpc) is 3.21. The molecule has 5 nitrogen and oxygen atoms in total. The first-order valence-corrected chi connectivity index (χ1v) is 11.6. The predicted molar refractivity (Wildman–Crippen MR) is 112 cm³/mol. The van der Waals surface area contributed by atoms with E-state index in [-0.39, 0.29) is 5.75 Å². The first kappa shape index (κ1) is 19.6. The maximum absolute atomic E-state index is 12.5. The van der Waals surface area contributed by atoms with Crippen LogP contribution >= 0.6 is 23.2 Å². The fourth-order valence-corrected chi connectivity index (χ4v) is 5.78. The molecule has 0 saturated heterocycles. The number of sulfonamides is 1. The van der Waals surface area contributed by atoms with E-state index in [1.165, 1.54) is 29.3 Å². The van der Waals surface area contributed by atoms with Gasteiger partial charge in [-0.05, 0) is 84.5 Å². The molecule has 28 heavy (non-hydrogen) atoms. The van der Waals surface area contributed by atoms with Crippen LogP contribution in [-0.4, -0.2) is 14.4 Å². The Hall–Kier alpha value is -1.76. The van der Waals surface area contributed by atoms with E-state index in [4.69, 9.17) is 23.2 Å². The molecule has 0 aliphatic heterocycles. The fourth-order valence-electron chi connectivity index (χ4n) is 4.20. The third kappa shape index (κ3) is 4.14. The molecule has 0 atom stereocenters. The summed E-state index contributed by atoms with van der Waals surface area (Å²) in [4.78, 5) is 12.5. The molecule has 148 valence electrons. The third-order valence-electron chi connectivity index (χ3n) is 5.24. The highest BCUT2D eigenvalue weighted by molar-refractivity contribution is 7.89. The lowest BCUT2D eigenvalue weighted by Crippen LogP contribution is -2.35. The minimum Gasteiger partial charge on any atom is -0.307 e. The molecule has 0 heterocycles. The standard InChI is InChI=1S/C20H20Cl2N2O3S/c21-15-7-12(8-16(22)10-15)11-28(26,27)24-20(25)23-19-17-5-1-3-13(17)9-14-4-2-6-18(14)19/h7-10H,1-6,11H2,(H2,23,24,25). The fraction of sp³-hybridized carbons (Fsp3) is 0.350. The lowest BCUT2D eigenvalue weighted by molar-refractivity contribution is 0.256. The summed E-state index contributed by atoms with van der Waals surface area (Å²) in [7, 11) is -3.89. The van der Waals surface area contributed by atoms with Gasteiger partial charge in [0, 0.05) is 15.7 Å². The smallest absolute Gasteiger partial charge is 0.307 e. The topological polar surface area (TPSA) is 75.3 Å².